The molecule has 0 spiro atoms. The first-order valence-electron chi connectivity index (χ1n) is 6.78. The van der Waals surface area contributed by atoms with Crippen molar-refractivity contribution < 1.29 is 8.42 Å². The highest BCUT2D eigenvalue weighted by Crippen LogP contribution is 2.38. The molecule has 17 heavy (non-hydrogen) atoms. The van der Waals surface area contributed by atoms with E-state index in [-0.39, 0.29) is 23.6 Å². The summed E-state index contributed by atoms with van der Waals surface area (Å²) in [6, 6.07) is 0.543. The summed E-state index contributed by atoms with van der Waals surface area (Å²) in [7, 11) is -2.89. The van der Waals surface area contributed by atoms with Crippen LogP contribution in [0.3, 0.4) is 0 Å². The third-order valence-electron chi connectivity index (χ3n) is 4.84. The minimum atomic E-state index is -2.89. The summed E-state index contributed by atoms with van der Waals surface area (Å²) in [4.78, 5) is 2.43. The molecule has 3 rings (SSSR count). The van der Waals surface area contributed by atoms with Crippen molar-refractivity contribution in [2.45, 2.75) is 50.2 Å². The van der Waals surface area contributed by atoms with E-state index in [1.54, 1.807) is 0 Å². The smallest absolute Gasteiger partial charge is 0.153 e. The number of likely N-dealkylation sites (tertiary alicyclic amines) is 1. The van der Waals surface area contributed by atoms with Crippen molar-refractivity contribution >= 4 is 9.84 Å². The second-order valence-corrected chi connectivity index (χ2v) is 8.10. The number of hydrogen-bond donors (Lipinski definition) is 1. The summed E-state index contributed by atoms with van der Waals surface area (Å²) in [5, 5.41) is 0. The summed E-state index contributed by atoms with van der Waals surface area (Å²) < 4.78 is 23.3. The lowest BCUT2D eigenvalue weighted by atomic mass is 9.85. The average molecular weight is 258 g/mol. The third kappa shape index (κ3) is 2.13. The fourth-order valence-corrected chi connectivity index (χ4v) is 5.96. The van der Waals surface area contributed by atoms with Gasteiger partial charge in [0.2, 0.25) is 0 Å². The summed E-state index contributed by atoms with van der Waals surface area (Å²) in [6.07, 6.45) is 6.47. The Kier molecular flexibility index (Phi) is 2.96. The van der Waals surface area contributed by atoms with Crippen molar-refractivity contribution in [3.05, 3.63) is 0 Å². The van der Waals surface area contributed by atoms with Gasteiger partial charge in [0.25, 0.3) is 0 Å². The normalized spacial score (nSPS) is 45.9. The van der Waals surface area contributed by atoms with Gasteiger partial charge in [-0.05, 0) is 31.7 Å². The quantitative estimate of drug-likeness (QED) is 0.738. The molecule has 3 aliphatic rings. The first kappa shape index (κ1) is 11.9. The van der Waals surface area contributed by atoms with Crippen molar-refractivity contribution in [1.29, 1.82) is 0 Å². The van der Waals surface area contributed by atoms with Gasteiger partial charge in [0.15, 0.2) is 9.84 Å². The Morgan fingerprint density at radius 2 is 1.76 bits per heavy atom. The molecule has 0 aromatic carbocycles. The molecule has 3 fully saturated rings. The molecule has 98 valence electrons. The van der Waals surface area contributed by atoms with Crippen LogP contribution >= 0.6 is 0 Å². The van der Waals surface area contributed by atoms with Gasteiger partial charge in [-0.15, -0.1) is 0 Å². The fraction of sp³-hybridized carbons (Fsp3) is 1.00. The van der Waals surface area contributed by atoms with Crippen LogP contribution in [-0.2, 0) is 9.84 Å². The van der Waals surface area contributed by atoms with E-state index in [4.69, 9.17) is 5.73 Å². The minimum absolute atomic E-state index is 0.0908. The van der Waals surface area contributed by atoms with Gasteiger partial charge in [0.05, 0.1) is 11.5 Å². The first-order chi connectivity index (χ1) is 8.07. The Morgan fingerprint density at radius 3 is 2.47 bits per heavy atom. The molecule has 2 saturated heterocycles. The highest BCUT2D eigenvalue weighted by Gasteiger charge is 2.45. The van der Waals surface area contributed by atoms with Gasteiger partial charge in [-0.3, -0.25) is 4.90 Å². The first-order valence-corrected chi connectivity index (χ1v) is 8.61. The molecule has 0 aromatic rings. The Hall–Kier alpha value is -0.130. The van der Waals surface area contributed by atoms with Crippen LogP contribution in [0, 0.1) is 5.92 Å². The van der Waals surface area contributed by atoms with Crippen molar-refractivity contribution in [1.82, 2.24) is 4.90 Å². The fourth-order valence-electron chi connectivity index (χ4n) is 4.05. The SMILES string of the molecule is NC1CS(=O)(=O)CC1N1CCC2CCCCC21. The molecule has 0 bridgehead atoms. The maximum absolute atomic E-state index is 11.7. The average Bonchev–Trinajstić information content (AvgIpc) is 2.79. The number of hydrogen-bond acceptors (Lipinski definition) is 4. The molecule has 4 atom stereocenters. The molecular formula is C12H22N2O2S. The number of fused-ring (bicyclic) bond motifs is 1. The van der Waals surface area contributed by atoms with Crippen LogP contribution in [0.4, 0.5) is 0 Å². The monoisotopic (exact) mass is 258 g/mol. The maximum atomic E-state index is 11.7. The molecule has 0 aromatic heterocycles. The van der Waals surface area contributed by atoms with Gasteiger partial charge in [-0.1, -0.05) is 12.8 Å². The van der Waals surface area contributed by atoms with E-state index in [2.05, 4.69) is 4.90 Å². The molecule has 2 heterocycles. The van der Waals surface area contributed by atoms with Crippen LogP contribution in [0.2, 0.25) is 0 Å². The van der Waals surface area contributed by atoms with E-state index in [1.165, 1.54) is 32.1 Å². The van der Waals surface area contributed by atoms with Crippen LogP contribution in [0.25, 0.3) is 0 Å². The standard InChI is InChI=1S/C12H22N2O2S/c13-10-7-17(15,16)8-12(10)14-6-5-9-3-1-2-4-11(9)14/h9-12H,1-8,13H2. The van der Waals surface area contributed by atoms with Crippen molar-refractivity contribution in [3.63, 3.8) is 0 Å². The summed E-state index contributed by atoms with van der Waals surface area (Å²) >= 11 is 0. The number of nitrogens with two attached hydrogens (primary N) is 1. The van der Waals surface area contributed by atoms with Crippen LogP contribution < -0.4 is 5.73 Å². The van der Waals surface area contributed by atoms with Crippen molar-refractivity contribution in [2.75, 3.05) is 18.1 Å². The van der Waals surface area contributed by atoms with Crippen LogP contribution in [0.1, 0.15) is 32.1 Å². The zero-order chi connectivity index (χ0) is 12.0. The van der Waals surface area contributed by atoms with Crippen LogP contribution in [-0.4, -0.2) is 49.5 Å². The molecular weight excluding hydrogens is 236 g/mol. The third-order valence-corrected chi connectivity index (χ3v) is 6.59. The zero-order valence-corrected chi connectivity index (χ0v) is 11.0. The van der Waals surface area contributed by atoms with Gasteiger partial charge in [-0.2, -0.15) is 0 Å². The van der Waals surface area contributed by atoms with Gasteiger partial charge in [-0.25, -0.2) is 8.42 Å². The zero-order valence-electron chi connectivity index (χ0n) is 10.2. The van der Waals surface area contributed by atoms with Gasteiger partial charge < -0.3 is 5.73 Å². The predicted molar refractivity (Wildman–Crippen MR) is 67.5 cm³/mol. The lowest BCUT2D eigenvalue weighted by Crippen LogP contribution is -2.50. The second kappa shape index (κ2) is 4.21. The molecule has 1 saturated carbocycles. The lowest BCUT2D eigenvalue weighted by Gasteiger charge is -2.36. The second-order valence-electron chi connectivity index (χ2n) is 5.95. The summed E-state index contributed by atoms with van der Waals surface area (Å²) in [5.74, 6) is 1.28. The Labute approximate surface area is 103 Å². The Bertz CT molecular complexity index is 395. The molecule has 5 heteroatoms. The summed E-state index contributed by atoms with van der Waals surface area (Å²) in [5.41, 5.74) is 6.04. The van der Waals surface area contributed by atoms with Gasteiger partial charge in [0, 0.05) is 18.1 Å². The highest BCUT2D eigenvalue weighted by molar-refractivity contribution is 7.91. The molecule has 2 N–H and O–H groups in total. The van der Waals surface area contributed by atoms with Gasteiger partial charge >= 0.3 is 0 Å². The number of nitrogens with zero attached hydrogens (tertiary/aromatic N) is 1. The number of rotatable bonds is 1. The van der Waals surface area contributed by atoms with Crippen LogP contribution in [0.15, 0.2) is 0 Å². The Balaban J connectivity index is 1.77. The van der Waals surface area contributed by atoms with Crippen LogP contribution in [0.5, 0.6) is 0 Å². The largest absolute Gasteiger partial charge is 0.325 e. The molecule has 4 unspecified atom stereocenters. The topological polar surface area (TPSA) is 63.4 Å². The van der Waals surface area contributed by atoms with Crippen molar-refractivity contribution in [2.24, 2.45) is 11.7 Å². The van der Waals surface area contributed by atoms with E-state index in [0.29, 0.717) is 6.04 Å². The molecule has 0 amide bonds. The maximum Gasteiger partial charge on any atom is 0.153 e. The molecule has 4 nitrogen and oxygen atoms in total. The van der Waals surface area contributed by atoms with E-state index in [9.17, 15) is 8.42 Å². The highest BCUT2D eigenvalue weighted by atomic mass is 32.2. The minimum Gasteiger partial charge on any atom is -0.325 e. The number of sulfone groups is 1. The molecule has 1 aliphatic carbocycles. The van der Waals surface area contributed by atoms with Crippen molar-refractivity contribution in [3.8, 4) is 0 Å². The molecule has 2 aliphatic heterocycles. The predicted octanol–water partition coefficient (Wildman–Crippen LogP) is 0.375. The van der Waals surface area contributed by atoms with E-state index < -0.39 is 9.84 Å². The molecule has 0 radical (unpaired) electrons. The Morgan fingerprint density at radius 1 is 1.00 bits per heavy atom. The van der Waals surface area contributed by atoms with Gasteiger partial charge in [0.1, 0.15) is 0 Å². The van der Waals surface area contributed by atoms with E-state index in [1.807, 2.05) is 0 Å². The van der Waals surface area contributed by atoms with E-state index in [0.717, 1.165) is 12.5 Å². The lowest BCUT2D eigenvalue weighted by molar-refractivity contribution is 0.135. The summed E-state index contributed by atoms with van der Waals surface area (Å²) in [6.45, 7) is 1.06. The van der Waals surface area contributed by atoms with E-state index >= 15 is 0 Å².